The van der Waals surface area contributed by atoms with Gasteiger partial charge in [0.2, 0.25) is 0 Å². The van der Waals surface area contributed by atoms with Crippen molar-refractivity contribution in [1.82, 2.24) is 0 Å². The smallest absolute Gasteiger partial charge is 0.393 e. The van der Waals surface area contributed by atoms with Crippen molar-refractivity contribution < 1.29 is 80.5 Å². The molecule has 3 nitrogen and oxygen atoms in total. The molecule has 0 rings (SSSR count). The molecule has 0 aliphatic heterocycles. The Hall–Kier alpha value is -1.88. The van der Waals surface area contributed by atoms with E-state index in [0.717, 1.165) is 0 Å². The lowest BCUT2D eigenvalue weighted by molar-refractivity contribution is -0.453. The molecule has 18 heteroatoms. The molecule has 0 aliphatic rings. The highest BCUT2D eigenvalue weighted by atomic mass is 19.4. The molecule has 0 aliphatic carbocycles. The second kappa shape index (κ2) is 8.48. The van der Waals surface area contributed by atoms with Gasteiger partial charge in [0.15, 0.2) is 6.17 Å². The maximum atomic E-state index is 13.5. The number of carbonyl (C=O) groups is 1. The molecule has 0 aromatic rings. The molecule has 1 atom stereocenters. The van der Waals surface area contributed by atoms with Crippen molar-refractivity contribution in [2.45, 2.75) is 67.8 Å². The Kier molecular flexibility index (Phi) is 7.98. The highest BCUT2D eigenvalue weighted by Crippen LogP contribution is 2.61. The van der Waals surface area contributed by atoms with Gasteiger partial charge < -0.3 is 9.84 Å². The van der Waals surface area contributed by atoms with Crippen LogP contribution < -0.4 is 0 Å². The normalized spacial score (nSPS) is 16.0. The van der Waals surface area contributed by atoms with Crippen molar-refractivity contribution in [3.8, 4) is 0 Å². The summed E-state index contributed by atoms with van der Waals surface area (Å²) >= 11 is 0. The summed E-state index contributed by atoms with van der Waals surface area (Å²) in [5.41, 5.74) is -1.20. The Morgan fingerprint density at radius 2 is 1.19 bits per heavy atom. The van der Waals surface area contributed by atoms with Crippen molar-refractivity contribution in [2.24, 2.45) is 0 Å². The zero-order valence-electron chi connectivity index (χ0n) is 15.1. The highest BCUT2D eigenvalue weighted by molar-refractivity contribution is 5.87. The molecule has 0 heterocycles. The highest BCUT2D eigenvalue weighted by Gasteiger charge is 2.92. The minimum Gasteiger partial charge on any atom is -0.393 e. The van der Waals surface area contributed by atoms with Crippen LogP contribution in [0, 0.1) is 0 Å². The van der Waals surface area contributed by atoms with Gasteiger partial charge >= 0.3 is 47.8 Å². The van der Waals surface area contributed by atoms with Crippen molar-refractivity contribution >= 4 is 5.97 Å². The van der Waals surface area contributed by atoms with Gasteiger partial charge in [-0.05, 0) is 13.3 Å². The van der Waals surface area contributed by atoms with Crippen molar-refractivity contribution in [3.05, 3.63) is 12.2 Å². The summed E-state index contributed by atoms with van der Waals surface area (Å²) in [5, 5.41) is 7.90. The first-order chi connectivity index (χ1) is 13.7. The van der Waals surface area contributed by atoms with Gasteiger partial charge in [-0.15, -0.1) is 0 Å². The standard InChI is InChI=1S/C14H11F15O3/c1-5(2)7(30)32-14(28,29)13(26,27)12(24,25)11(22,23)10(20,21)9(18,19)6(15)3-4-8(16,17)31/h6,31H,1,3-4H2,2H3. The second-order valence-electron chi connectivity index (χ2n) is 6.28. The quantitative estimate of drug-likeness (QED) is 0.224. The van der Waals surface area contributed by atoms with Gasteiger partial charge in [-0.25, -0.2) is 9.18 Å². The van der Waals surface area contributed by atoms with Gasteiger partial charge in [-0.3, -0.25) is 0 Å². The Bertz CT molecular complexity index is 711. The summed E-state index contributed by atoms with van der Waals surface area (Å²) < 4.78 is 201. The van der Waals surface area contributed by atoms with Gasteiger partial charge in [0.1, 0.15) is 0 Å². The van der Waals surface area contributed by atoms with Crippen LogP contribution in [0.15, 0.2) is 12.2 Å². The third kappa shape index (κ3) is 5.03. The predicted molar refractivity (Wildman–Crippen MR) is 71.9 cm³/mol. The van der Waals surface area contributed by atoms with Crippen LogP contribution in [0.3, 0.4) is 0 Å². The van der Waals surface area contributed by atoms with Crippen LogP contribution in [0.4, 0.5) is 65.9 Å². The number of ether oxygens (including phenoxy) is 1. The number of hydrogen-bond donors (Lipinski definition) is 1. The van der Waals surface area contributed by atoms with Crippen molar-refractivity contribution in [3.63, 3.8) is 0 Å². The fraction of sp³-hybridized carbons (Fsp3) is 0.786. The summed E-state index contributed by atoms with van der Waals surface area (Å²) in [6.45, 7) is 3.00. The van der Waals surface area contributed by atoms with Crippen LogP contribution in [0.25, 0.3) is 0 Å². The summed E-state index contributed by atoms with van der Waals surface area (Å²) in [6.07, 6.45) is -21.9. The van der Waals surface area contributed by atoms with Gasteiger partial charge in [0.25, 0.3) is 0 Å². The van der Waals surface area contributed by atoms with Crippen LogP contribution in [-0.4, -0.2) is 59.1 Å². The van der Waals surface area contributed by atoms with Crippen LogP contribution in [-0.2, 0) is 9.53 Å². The number of halogens is 15. The van der Waals surface area contributed by atoms with E-state index in [1.165, 1.54) is 0 Å². The molecule has 0 spiro atoms. The average Bonchev–Trinajstić information content (AvgIpc) is 2.57. The number of alkyl halides is 15. The molecule has 0 saturated heterocycles. The number of hydrogen-bond acceptors (Lipinski definition) is 3. The van der Waals surface area contributed by atoms with Gasteiger partial charge in [-0.2, -0.15) is 61.5 Å². The molecule has 0 aromatic heterocycles. The van der Waals surface area contributed by atoms with Crippen LogP contribution in [0.2, 0.25) is 0 Å². The lowest BCUT2D eigenvalue weighted by Gasteiger charge is -2.41. The lowest BCUT2D eigenvalue weighted by atomic mass is 9.90. The predicted octanol–water partition coefficient (Wildman–Crippen LogP) is 5.58. The van der Waals surface area contributed by atoms with Gasteiger partial charge in [0, 0.05) is 12.0 Å². The van der Waals surface area contributed by atoms with E-state index >= 15 is 0 Å². The minimum atomic E-state index is -8.20. The van der Waals surface area contributed by atoms with E-state index < -0.39 is 72.4 Å². The van der Waals surface area contributed by atoms with E-state index in [0.29, 0.717) is 6.92 Å². The van der Waals surface area contributed by atoms with Crippen molar-refractivity contribution in [2.75, 3.05) is 0 Å². The third-order valence-corrected chi connectivity index (χ3v) is 3.63. The average molecular weight is 512 g/mol. The lowest BCUT2D eigenvalue weighted by Crippen LogP contribution is -2.72. The summed E-state index contributed by atoms with van der Waals surface area (Å²) in [7, 11) is 0. The monoisotopic (exact) mass is 512 g/mol. The topological polar surface area (TPSA) is 46.5 Å². The first-order valence-electron chi connectivity index (χ1n) is 7.60. The van der Waals surface area contributed by atoms with E-state index in [1.54, 1.807) is 0 Å². The molecule has 1 unspecified atom stereocenters. The molecule has 0 fully saturated rings. The SMILES string of the molecule is C=C(C)C(=O)OC(F)(F)C(F)(F)C(F)(F)C(F)(F)C(F)(F)C(F)(F)C(F)CCC(O)(F)F. The molecule has 190 valence electrons. The zero-order chi connectivity index (χ0) is 26.4. The van der Waals surface area contributed by atoms with Crippen LogP contribution >= 0.6 is 0 Å². The van der Waals surface area contributed by atoms with E-state index in [1.807, 2.05) is 0 Å². The van der Waals surface area contributed by atoms with E-state index in [-0.39, 0.29) is 0 Å². The maximum Gasteiger partial charge on any atom is 0.473 e. The second-order valence-corrected chi connectivity index (χ2v) is 6.28. The largest absolute Gasteiger partial charge is 0.473 e. The maximum absolute atomic E-state index is 13.5. The molecule has 32 heavy (non-hydrogen) atoms. The molecule has 1 N–H and O–H groups in total. The Morgan fingerprint density at radius 3 is 1.53 bits per heavy atom. The number of carbonyl (C=O) groups excluding carboxylic acids is 1. The zero-order valence-corrected chi connectivity index (χ0v) is 15.1. The molecule has 0 radical (unpaired) electrons. The summed E-state index contributed by atoms with van der Waals surface area (Å²) in [5.74, 6) is -41.8. The van der Waals surface area contributed by atoms with Crippen LogP contribution in [0.1, 0.15) is 19.8 Å². The fourth-order valence-corrected chi connectivity index (χ4v) is 1.73. The Labute approximate surface area is 167 Å². The van der Waals surface area contributed by atoms with Crippen LogP contribution in [0.5, 0.6) is 0 Å². The molecule has 0 aromatic carbocycles. The molecule has 0 amide bonds. The number of rotatable bonds is 11. The third-order valence-electron chi connectivity index (χ3n) is 3.63. The first kappa shape index (κ1) is 30.1. The minimum absolute atomic E-state index is 0.468. The van der Waals surface area contributed by atoms with Gasteiger partial charge in [0.05, 0.1) is 0 Å². The summed E-state index contributed by atoms with van der Waals surface area (Å²) in [6, 6.07) is 0. The molecular weight excluding hydrogens is 501 g/mol. The number of aliphatic hydroxyl groups is 1. The number of esters is 1. The van der Waals surface area contributed by atoms with E-state index in [9.17, 15) is 70.7 Å². The molecular formula is C14H11F15O3. The fourth-order valence-electron chi connectivity index (χ4n) is 1.73. The molecule has 0 bridgehead atoms. The summed E-state index contributed by atoms with van der Waals surface area (Å²) in [4.78, 5) is 10.8. The van der Waals surface area contributed by atoms with Gasteiger partial charge in [-0.1, -0.05) is 6.58 Å². The first-order valence-corrected chi connectivity index (χ1v) is 7.60. The van der Waals surface area contributed by atoms with Crippen molar-refractivity contribution in [1.29, 1.82) is 0 Å². The molecule has 0 saturated carbocycles. The van der Waals surface area contributed by atoms with E-state index in [2.05, 4.69) is 11.3 Å². The Balaban J connectivity index is 6.30. The van der Waals surface area contributed by atoms with E-state index in [4.69, 9.17) is 5.11 Å². The Morgan fingerprint density at radius 1 is 0.812 bits per heavy atom.